The fourth-order valence-electron chi connectivity index (χ4n) is 10.9. The van der Waals surface area contributed by atoms with E-state index in [4.69, 9.17) is 37.0 Å². The van der Waals surface area contributed by atoms with E-state index in [9.17, 15) is 43.2 Å². The Hall–Kier alpha value is -2.76. The number of aldehydes is 3. The quantitative estimate of drug-likeness (QED) is 0.0169. The van der Waals surface area contributed by atoms with Crippen LogP contribution in [0.2, 0.25) is 0 Å². The fourth-order valence-corrected chi connectivity index (χ4v) is 12.5. The van der Waals surface area contributed by atoms with Crippen molar-refractivity contribution < 1.29 is 80.2 Å². The molecule has 0 aliphatic rings. The predicted octanol–water partition coefficient (Wildman–Crippen LogP) is 21.6. The topological polar surface area (TPSA) is 237 Å². The number of ether oxygens (including phenoxy) is 4. The zero-order chi connectivity index (χ0) is 71.3. The number of phosphoric acid groups is 2. The summed E-state index contributed by atoms with van der Waals surface area (Å²) < 4.78 is 70.7. The number of hydrogen-bond donors (Lipinski definition) is 3. The highest BCUT2D eigenvalue weighted by Crippen LogP contribution is 2.45. The van der Waals surface area contributed by atoms with Crippen LogP contribution in [0.4, 0.5) is 0 Å². The minimum atomic E-state index is -4.80. The first-order valence-corrected chi connectivity index (χ1v) is 42.4. The maximum Gasteiger partial charge on any atom is 0.472 e. The van der Waals surface area contributed by atoms with Crippen LogP contribution in [0.3, 0.4) is 0 Å². The zero-order valence-corrected chi connectivity index (χ0v) is 63.6. The average molecular weight is 1430 g/mol. The van der Waals surface area contributed by atoms with Crippen LogP contribution in [0.5, 0.6) is 0 Å². The number of unbranched alkanes of at least 4 members (excludes halogenated alkanes) is 42. The summed E-state index contributed by atoms with van der Waals surface area (Å²) >= 11 is 0. The van der Waals surface area contributed by atoms with Crippen molar-refractivity contribution in [2.24, 2.45) is 0 Å². The second kappa shape index (κ2) is 76.9. The van der Waals surface area contributed by atoms with Crippen LogP contribution in [-0.2, 0) is 65.4 Å². The lowest BCUT2D eigenvalue weighted by atomic mass is 10.1. The molecule has 5 atom stereocenters. The number of phosphoric ester groups is 2. The molecule has 0 radical (unpaired) electrons. The third-order valence-corrected chi connectivity index (χ3v) is 18.9. The minimum Gasteiger partial charge on any atom is -0.463 e. The Labute approximate surface area is 597 Å². The summed E-state index contributed by atoms with van der Waals surface area (Å²) in [6, 6.07) is 0. The highest BCUT2D eigenvalue weighted by atomic mass is 31.2. The molecule has 17 nitrogen and oxygen atoms in total. The maximum absolute atomic E-state index is 13.1. The average Bonchev–Trinajstić information content (AvgIpc) is 1.10. The molecular formula is C79H144O17P2. The normalized spacial score (nSPS) is 14.3. The van der Waals surface area contributed by atoms with Gasteiger partial charge in [-0.25, -0.2) is 9.13 Å². The van der Waals surface area contributed by atoms with E-state index in [-0.39, 0.29) is 32.2 Å². The van der Waals surface area contributed by atoms with Gasteiger partial charge in [-0.3, -0.25) is 22.9 Å². The largest absolute Gasteiger partial charge is 0.472 e. The van der Waals surface area contributed by atoms with Crippen molar-refractivity contribution in [3.8, 4) is 0 Å². The van der Waals surface area contributed by atoms with Gasteiger partial charge in [-0.1, -0.05) is 222 Å². The number of allylic oxidation sites excluding steroid dienone is 10. The number of esters is 1. The van der Waals surface area contributed by atoms with Gasteiger partial charge in [-0.05, 0) is 154 Å². The van der Waals surface area contributed by atoms with Gasteiger partial charge in [0.15, 0.2) is 0 Å². The standard InChI is InChI=1S/C79H144O17P2/c1-2-3-4-5-6-7-8-9-14-21-28-35-42-49-56-63-79(84)92-73-78(91-69-62-55-48-41-34-27-19-13-11-16-23-30-37-44-51-58-65-81)75-96-98(87,88)94-71-76(83)70-93-97(85,86)95-74-77(72-89-67-60-53-46-39-32-25-20-17-24-31-38-45-52-59-66-82)90-68-61-54-47-40-33-26-18-12-10-15-22-29-36-43-50-57-64-80/h6-7,9-11,14-17,20,64-66,76-78,83H,2-5,8,12-13,18-19,21-63,67-75H2,1H3,(H,85,86)(H,87,88)/b7-6-,14-9-,15-10-,16-11-,20-17-/t76-,77+,78+/m0/s1. The summed E-state index contributed by atoms with van der Waals surface area (Å²) in [5, 5.41) is 10.7. The summed E-state index contributed by atoms with van der Waals surface area (Å²) in [7, 11) is -9.53. The number of aliphatic hydroxyl groups is 1. The Morgan fingerprint density at radius 1 is 0.327 bits per heavy atom. The van der Waals surface area contributed by atoms with Crippen molar-refractivity contribution in [3.63, 3.8) is 0 Å². The van der Waals surface area contributed by atoms with Crippen LogP contribution in [0.1, 0.15) is 341 Å². The third-order valence-electron chi connectivity index (χ3n) is 17.0. The van der Waals surface area contributed by atoms with Crippen molar-refractivity contribution in [1.29, 1.82) is 0 Å². The molecule has 0 heterocycles. The van der Waals surface area contributed by atoms with Crippen molar-refractivity contribution in [2.45, 2.75) is 359 Å². The summed E-state index contributed by atoms with van der Waals surface area (Å²) in [6.07, 6.45) is 76.7. The van der Waals surface area contributed by atoms with E-state index in [0.717, 1.165) is 237 Å². The van der Waals surface area contributed by atoms with Crippen LogP contribution in [0.15, 0.2) is 60.8 Å². The van der Waals surface area contributed by atoms with E-state index < -0.39 is 53.8 Å². The van der Waals surface area contributed by atoms with E-state index in [1.807, 2.05) is 0 Å². The minimum absolute atomic E-state index is 0.151. The maximum atomic E-state index is 13.1. The Bertz CT molecular complexity index is 2000. The molecule has 0 bridgehead atoms. The number of aliphatic hydroxyl groups excluding tert-OH is 1. The molecular weight excluding hydrogens is 1280 g/mol. The van der Waals surface area contributed by atoms with E-state index in [2.05, 4.69) is 67.7 Å². The van der Waals surface area contributed by atoms with E-state index >= 15 is 0 Å². The number of rotatable bonds is 81. The Kier molecular flexibility index (Phi) is 74.7. The third kappa shape index (κ3) is 75.9. The van der Waals surface area contributed by atoms with Crippen LogP contribution in [-0.4, -0.2) is 117 Å². The molecule has 19 heteroatoms. The van der Waals surface area contributed by atoms with Gasteiger partial charge < -0.3 is 48.2 Å². The highest BCUT2D eigenvalue weighted by molar-refractivity contribution is 7.47. The van der Waals surface area contributed by atoms with Gasteiger partial charge in [0.1, 0.15) is 43.8 Å². The van der Waals surface area contributed by atoms with Gasteiger partial charge in [0, 0.05) is 45.5 Å². The predicted molar refractivity (Wildman–Crippen MR) is 400 cm³/mol. The molecule has 0 aromatic heterocycles. The zero-order valence-electron chi connectivity index (χ0n) is 61.8. The van der Waals surface area contributed by atoms with Crippen LogP contribution in [0.25, 0.3) is 0 Å². The van der Waals surface area contributed by atoms with Gasteiger partial charge in [0.2, 0.25) is 0 Å². The van der Waals surface area contributed by atoms with Crippen molar-refractivity contribution in [2.75, 3.05) is 59.5 Å². The molecule has 3 N–H and O–H groups in total. The molecule has 0 amide bonds. The van der Waals surface area contributed by atoms with Crippen molar-refractivity contribution in [1.82, 2.24) is 0 Å². The molecule has 98 heavy (non-hydrogen) atoms. The number of carbonyl (C=O) groups excluding carboxylic acids is 4. The van der Waals surface area contributed by atoms with Crippen LogP contribution < -0.4 is 0 Å². The molecule has 0 fully saturated rings. The lowest BCUT2D eigenvalue weighted by Crippen LogP contribution is -2.28. The molecule has 0 aromatic rings. The Morgan fingerprint density at radius 3 is 0.949 bits per heavy atom. The van der Waals surface area contributed by atoms with Crippen LogP contribution >= 0.6 is 15.6 Å². The second-order valence-electron chi connectivity index (χ2n) is 26.5. The fraction of sp³-hybridized carbons (Fsp3) is 0.823. The molecule has 0 saturated carbocycles. The van der Waals surface area contributed by atoms with Crippen molar-refractivity contribution >= 4 is 40.5 Å². The monoisotopic (exact) mass is 1430 g/mol. The van der Waals surface area contributed by atoms with Gasteiger partial charge in [0.05, 0.1) is 33.0 Å². The van der Waals surface area contributed by atoms with Crippen LogP contribution in [0, 0.1) is 0 Å². The van der Waals surface area contributed by atoms with Gasteiger partial charge in [-0.15, -0.1) is 0 Å². The molecule has 0 saturated heterocycles. The molecule has 0 aromatic carbocycles. The SMILES string of the molecule is CCCCC/C=C\C/C=C\CCCCCCCC(=O)OC[C@H](COP(=O)(O)OC[C@@H](O)COP(=O)(O)OC[C@@H](COCCCCCCC/C=C\CCCCCCC=O)OCCCCCCCCC/C=C\CCCCCCC=O)OCCCCCCCCC/C=C\CCCCCCC=O. The van der Waals surface area contributed by atoms with Gasteiger partial charge in [-0.2, -0.15) is 0 Å². The van der Waals surface area contributed by atoms with Crippen molar-refractivity contribution in [3.05, 3.63) is 60.8 Å². The molecule has 572 valence electrons. The summed E-state index contributed by atoms with van der Waals surface area (Å²) in [4.78, 5) is 65.5. The number of carbonyl (C=O) groups is 4. The lowest BCUT2D eigenvalue weighted by molar-refractivity contribution is -0.149. The molecule has 2 unspecified atom stereocenters. The summed E-state index contributed by atoms with van der Waals surface area (Å²) in [6.45, 7) is 1.19. The first kappa shape index (κ1) is 95.2. The first-order valence-electron chi connectivity index (χ1n) is 39.4. The molecule has 0 aliphatic heterocycles. The molecule has 0 aliphatic carbocycles. The number of hydrogen-bond acceptors (Lipinski definition) is 15. The summed E-state index contributed by atoms with van der Waals surface area (Å²) in [5.41, 5.74) is 0. The second-order valence-corrected chi connectivity index (χ2v) is 29.4. The van der Waals surface area contributed by atoms with E-state index in [1.165, 1.54) is 83.5 Å². The summed E-state index contributed by atoms with van der Waals surface area (Å²) in [5.74, 6) is -0.385. The van der Waals surface area contributed by atoms with E-state index in [0.29, 0.717) is 45.5 Å². The smallest absolute Gasteiger partial charge is 0.463 e. The first-order chi connectivity index (χ1) is 48.0. The molecule has 0 rings (SSSR count). The van der Waals surface area contributed by atoms with E-state index in [1.54, 1.807) is 0 Å². The van der Waals surface area contributed by atoms with Gasteiger partial charge >= 0.3 is 21.6 Å². The Morgan fingerprint density at radius 2 is 0.602 bits per heavy atom. The van der Waals surface area contributed by atoms with Gasteiger partial charge in [0.25, 0.3) is 0 Å². The Balaban J connectivity index is 5.13. The lowest BCUT2D eigenvalue weighted by Gasteiger charge is -2.21. The molecule has 0 spiro atoms. The highest BCUT2D eigenvalue weighted by Gasteiger charge is 2.29.